The molecule has 27 heavy (non-hydrogen) atoms. The minimum Gasteiger partial charge on any atom is -0.338 e. The zero-order valence-electron chi connectivity index (χ0n) is 17.0. The number of aryl methyl sites for hydroxylation is 1. The fraction of sp³-hybridized carbons (Fsp3) is 0.800. The molecule has 0 aliphatic carbocycles. The number of hydrogen-bond acceptors (Lipinski definition) is 4. The van der Waals surface area contributed by atoms with Gasteiger partial charge in [0.15, 0.2) is 5.82 Å². The summed E-state index contributed by atoms with van der Waals surface area (Å²) in [5, 5.41) is 19.8. The molecule has 0 aromatic carbocycles. The normalized spacial score (nSPS) is 11.1. The van der Waals surface area contributed by atoms with Crippen molar-refractivity contribution in [1.82, 2.24) is 31.3 Å². The van der Waals surface area contributed by atoms with Crippen LogP contribution in [-0.4, -0.2) is 39.7 Å². The summed E-state index contributed by atoms with van der Waals surface area (Å²) in [4.78, 5) is 11.5. The first-order valence-corrected chi connectivity index (χ1v) is 10.7. The number of rotatable bonds is 17. The third-order valence-electron chi connectivity index (χ3n) is 4.48. The van der Waals surface area contributed by atoms with Crippen LogP contribution < -0.4 is 10.6 Å². The van der Waals surface area contributed by atoms with E-state index >= 15 is 0 Å². The Morgan fingerprint density at radius 1 is 0.889 bits per heavy atom. The molecule has 0 spiro atoms. The highest BCUT2D eigenvalue weighted by molar-refractivity contribution is 5.73. The molecule has 0 atom stereocenters. The molecule has 7 nitrogen and oxygen atoms in total. The van der Waals surface area contributed by atoms with Gasteiger partial charge >= 0.3 is 6.03 Å². The molecule has 1 aromatic rings. The average Bonchev–Trinajstić information content (AvgIpc) is 3.19. The van der Waals surface area contributed by atoms with E-state index in [1.54, 1.807) is 0 Å². The first kappa shape index (κ1) is 23.1. The smallest absolute Gasteiger partial charge is 0.314 e. The molecule has 2 amide bonds. The van der Waals surface area contributed by atoms with Crippen molar-refractivity contribution in [2.75, 3.05) is 13.1 Å². The number of aromatic nitrogens is 4. The van der Waals surface area contributed by atoms with Crippen LogP contribution in [0.5, 0.6) is 0 Å². The number of carbonyl (C=O) groups is 1. The standard InChI is InChI=1S/C20H38N6O/c1-2-3-14-17-21-20(27)22-18-15-12-10-8-6-4-5-7-9-11-13-16-19-23-25-26-24-19/h6,8H,2-5,7,9-18H2,1H3,(H2,21,22,27)(H,23,24,25,26)/b8-6-. The summed E-state index contributed by atoms with van der Waals surface area (Å²) in [5.41, 5.74) is 0. The second-order valence-electron chi connectivity index (χ2n) is 6.99. The SMILES string of the molecule is CCCCCNC(=O)NCCCC/C=C\CCCCCCCc1nn[nH]n1. The lowest BCUT2D eigenvalue weighted by atomic mass is 10.1. The van der Waals surface area contributed by atoms with Gasteiger partial charge in [-0.25, -0.2) is 4.79 Å². The Balaban J connectivity index is 1.77. The number of H-pyrrole nitrogens is 1. The predicted molar refractivity (Wildman–Crippen MR) is 110 cm³/mol. The molecular formula is C20H38N6O. The Kier molecular flexibility index (Phi) is 15.0. The minimum absolute atomic E-state index is 0.0288. The van der Waals surface area contributed by atoms with E-state index in [-0.39, 0.29) is 6.03 Å². The summed E-state index contributed by atoms with van der Waals surface area (Å²) in [5.74, 6) is 0.820. The Morgan fingerprint density at radius 3 is 2.19 bits per heavy atom. The van der Waals surface area contributed by atoms with E-state index in [1.165, 1.54) is 44.9 Å². The van der Waals surface area contributed by atoms with E-state index in [9.17, 15) is 4.79 Å². The molecule has 3 N–H and O–H groups in total. The van der Waals surface area contributed by atoms with Crippen LogP contribution in [0, 0.1) is 0 Å². The van der Waals surface area contributed by atoms with Gasteiger partial charge in [-0.1, -0.05) is 56.4 Å². The number of carbonyl (C=O) groups excluding carboxylic acids is 1. The van der Waals surface area contributed by atoms with Crippen LogP contribution in [0.1, 0.15) is 89.8 Å². The molecular weight excluding hydrogens is 340 g/mol. The van der Waals surface area contributed by atoms with Gasteiger partial charge < -0.3 is 10.6 Å². The maximum Gasteiger partial charge on any atom is 0.314 e. The maximum atomic E-state index is 11.5. The summed E-state index contributed by atoms with van der Waals surface area (Å²) in [6, 6.07) is -0.0288. The van der Waals surface area contributed by atoms with Crippen molar-refractivity contribution in [3.05, 3.63) is 18.0 Å². The van der Waals surface area contributed by atoms with Gasteiger partial charge in [0, 0.05) is 19.5 Å². The average molecular weight is 379 g/mol. The largest absolute Gasteiger partial charge is 0.338 e. The monoisotopic (exact) mass is 378 g/mol. The Morgan fingerprint density at radius 2 is 1.52 bits per heavy atom. The van der Waals surface area contributed by atoms with Gasteiger partial charge in [-0.2, -0.15) is 5.21 Å². The summed E-state index contributed by atoms with van der Waals surface area (Å²) in [7, 11) is 0. The number of nitrogens with zero attached hydrogens (tertiary/aromatic N) is 3. The lowest BCUT2D eigenvalue weighted by Crippen LogP contribution is -2.36. The number of aromatic amines is 1. The molecule has 0 unspecified atom stereocenters. The van der Waals surface area contributed by atoms with Crippen LogP contribution in [0.4, 0.5) is 4.79 Å². The van der Waals surface area contributed by atoms with E-state index in [4.69, 9.17) is 0 Å². The fourth-order valence-corrected chi connectivity index (χ4v) is 2.83. The summed E-state index contributed by atoms with van der Waals surface area (Å²) in [6.45, 7) is 3.70. The molecule has 1 aromatic heterocycles. The molecule has 0 aliphatic rings. The van der Waals surface area contributed by atoms with Crippen molar-refractivity contribution in [2.24, 2.45) is 0 Å². The van der Waals surface area contributed by atoms with Crippen molar-refractivity contribution in [3.63, 3.8) is 0 Å². The number of unbranched alkanes of at least 4 members (excludes halogenated alkanes) is 9. The zero-order chi connectivity index (χ0) is 19.4. The third kappa shape index (κ3) is 14.9. The number of urea groups is 1. The van der Waals surface area contributed by atoms with Crippen molar-refractivity contribution in [3.8, 4) is 0 Å². The van der Waals surface area contributed by atoms with Crippen molar-refractivity contribution in [2.45, 2.75) is 90.4 Å². The van der Waals surface area contributed by atoms with E-state index < -0.39 is 0 Å². The van der Waals surface area contributed by atoms with Gasteiger partial charge in [-0.05, 0) is 44.9 Å². The first-order chi connectivity index (χ1) is 13.3. The van der Waals surface area contributed by atoms with Crippen molar-refractivity contribution in [1.29, 1.82) is 0 Å². The topological polar surface area (TPSA) is 95.6 Å². The second-order valence-corrected chi connectivity index (χ2v) is 6.99. The van der Waals surface area contributed by atoms with Gasteiger partial charge in [-0.3, -0.25) is 0 Å². The number of hydrogen-bond donors (Lipinski definition) is 3. The molecule has 7 heteroatoms. The summed E-state index contributed by atoms with van der Waals surface area (Å²) in [6.07, 6.45) is 19.5. The van der Waals surface area contributed by atoms with E-state index in [0.717, 1.165) is 57.4 Å². The molecule has 0 saturated heterocycles. The molecule has 0 fully saturated rings. The lowest BCUT2D eigenvalue weighted by molar-refractivity contribution is 0.240. The third-order valence-corrected chi connectivity index (χ3v) is 4.48. The maximum absolute atomic E-state index is 11.5. The van der Waals surface area contributed by atoms with Crippen LogP contribution in [0.15, 0.2) is 12.2 Å². The molecule has 0 saturated carbocycles. The van der Waals surface area contributed by atoms with Gasteiger partial charge in [0.2, 0.25) is 0 Å². The first-order valence-electron chi connectivity index (χ1n) is 10.7. The van der Waals surface area contributed by atoms with Crippen LogP contribution in [0.25, 0.3) is 0 Å². The van der Waals surface area contributed by atoms with Gasteiger partial charge in [0.1, 0.15) is 0 Å². The zero-order valence-corrected chi connectivity index (χ0v) is 17.0. The Bertz CT molecular complexity index is 475. The molecule has 0 bridgehead atoms. The van der Waals surface area contributed by atoms with Gasteiger partial charge in [0.25, 0.3) is 0 Å². The lowest BCUT2D eigenvalue weighted by Gasteiger charge is -2.06. The fourth-order valence-electron chi connectivity index (χ4n) is 2.83. The highest BCUT2D eigenvalue weighted by atomic mass is 16.2. The quantitative estimate of drug-likeness (QED) is 0.278. The molecule has 154 valence electrons. The van der Waals surface area contributed by atoms with E-state index in [1.807, 2.05) is 0 Å². The van der Waals surface area contributed by atoms with E-state index in [2.05, 4.69) is 50.3 Å². The molecule has 0 radical (unpaired) electrons. The molecule has 1 heterocycles. The van der Waals surface area contributed by atoms with Crippen molar-refractivity contribution >= 4 is 6.03 Å². The predicted octanol–water partition coefficient (Wildman–Crippen LogP) is 4.30. The van der Waals surface area contributed by atoms with Crippen molar-refractivity contribution < 1.29 is 4.79 Å². The number of allylic oxidation sites excluding steroid dienone is 2. The van der Waals surface area contributed by atoms with Crippen LogP contribution >= 0.6 is 0 Å². The number of amides is 2. The summed E-state index contributed by atoms with van der Waals surface area (Å²) >= 11 is 0. The second kappa shape index (κ2) is 17.5. The van der Waals surface area contributed by atoms with E-state index in [0.29, 0.717) is 0 Å². The number of nitrogens with one attached hydrogen (secondary N) is 3. The van der Waals surface area contributed by atoms with Gasteiger partial charge in [-0.15, -0.1) is 10.2 Å². The highest BCUT2D eigenvalue weighted by Crippen LogP contribution is 2.08. The van der Waals surface area contributed by atoms with Crippen LogP contribution in [0.2, 0.25) is 0 Å². The van der Waals surface area contributed by atoms with Crippen LogP contribution in [0.3, 0.4) is 0 Å². The Labute approximate surface area is 164 Å². The molecule has 0 aliphatic heterocycles. The molecule has 1 rings (SSSR count). The minimum atomic E-state index is -0.0288. The summed E-state index contributed by atoms with van der Waals surface area (Å²) < 4.78 is 0. The van der Waals surface area contributed by atoms with Gasteiger partial charge in [0.05, 0.1) is 0 Å². The number of tetrazole rings is 1. The highest BCUT2D eigenvalue weighted by Gasteiger charge is 1.98. The Hall–Kier alpha value is -1.92. The van der Waals surface area contributed by atoms with Crippen LogP contribution in [-0.2, 0) is 6.42 Å².